The van der Waals surface area contributed by atoms with Crippen LogP contribution in [0.15, 0.2) is 15.9 Å². The zero-order chi connectivity index (χ0) is 11.4. The minimum absolute atomic E-state index is 0.105. The number of thiophene rings is 1. The van der Waals surface area contributed by atoms with E-state index in [2.05, 4.69) is 26.6 Å². The molecule has 1 atom stereocenters. The van der Waals surface area contributed by atoms with Crippen molar-refractivity contribution in [3.05, 3.63) is 15.9 Å². The van der Waals surface area contributed by atoms with Crippen LogP contribution in [-0.2, 0) is 4.79 Å². The van der Waals surface area contributed by atoms with E-state index in [1.54, 1.807) is 11.3 Å². The summed E-state index contributed by atoms with van der Waals surface area (Å²) in [6.45, 7) is 1.04. The Hall–Kier alpha value is -0.390. The Kier molecular flexibility index (Phi) is 4.37. The fourth-order valence-corrected chi connectivity index (χ4v) is 3.23. The van der Waals surface area contributed by atoms with E-state index in [4.69, 9.17) is 0 Å². The number of hydrogen-bond acceptors (Lipinski definition) is 3. The van der Waals surface area contributed by atoms with E-state index in [9.17, 15) is 4.79 Å². The van der Waals surface area contributed by atoms with Gasteiger partial charge in [-0.2, -0.15) is 0 Å². The van der Waals surface area contributed by atoms with Gasteiger partial charge in [-0.05, 0) is 41.4 Å². The van der Waals surface area contributed by atoms with Crippen molar-refractivity contribution in [2.75, 3.05) is 11.9 Å². The molecule has 1 unspecified atom stereocenters. The number of anilines is 1. The Morgan fingerprint density at radius 2 is 2.50 bits per heavy atom. The smallest absolute Gasteiger partial charge is 0.226 e. The van der Waals surface area contributed by atoms with Crippen LogP contribution in [0.5, 0.6) is 0 Å². The molecule has 1 aromatic rings. The molecule has 1 amide bonds. The van der Waals surface area contributed by atoms with Crippen molar-refractivity contribution >= 4 is 38.2 Å². The molecule has 0 aliphatic carbocycles. The highest BCUT2D eigenvalue weighted by atomic mass is 79.9. The molecule has 1 saturated heterocycles. The summed E-state index contributed by atoms with van der Waals surface area (Å²) in [6.07, 6.45) is 4.16. The molecule has 0 spiro atoms. The van der Waals surface area contributed by atoms with E-state index in [0.29, 0.717) is 12.5 Å². The zero-order valence-electron chi connectivity index (χ0n) is 8.96. The molecule has 0 aromatic carbocycles. The van der Waals surface area contributed by atoms with Crippen LogP contribution in [-0.4, -0.2) is 18.5 Å². The standard InChI is InChI=1S/C11H15BrN2OS/c12-8-5-11(16-7-8)14-10(15)6-9-3-1-2-4-13-9/h5,7,9,13H,1-4,6H2,(H,14,15). The lowest BCUT2D eigenvalue weighted by atomic mass is 10.0. The van der Waals surface area contributed by atoms with Crippen LogP contribution in [0.25, 0.3) is 0 Å². The first-order chi connectivity index (χ1) is 7.74. The molecular formula is C11H15BrN2OS. The van der Waals surface area contributed by atoms with Crippen molar-refractivity contribution in [3.8, 4) is 0 Å². The maximum absolute atomic E-state index is 11.7. The van der Waals surface area contributed by atoms with E-state index in [-0.39, 0.29) is 5.91 Å². The van der Waals surface area contributed by atoms with Gasteiger partial charge in [0.1, 0.15) is 0 Å². The minimum atomic E-state index is 0.105. The van der Waals surface area contributed by atoms with E-state index in [1.807, 2.05) is 11.4 Å². The number of amides is 1. The van der Waals surface area contributed by atoms with Crippen molar-refractivity contribution in [1.82, 2.24) is 5.32 Å². The summed E-state index contributed by atoms with van der Waals surface area (Å²) < 4.78 is 1.02. The van der Waals surface area contributed by atoms with Crippen LogP contribution in [0.2, 0.25) is 0 Å². The quantitative estimate of drug-likeness (QED) is 0.901. The molecular weight excluding hydrogens is 288 g/mol. The van der Waals surface area contributed by atoms with Gasteiger partial charge in [0.05, 0.1) is 5.00 Å². The second-order valence-electron chi connectivity index (χ2n) is 4.03. The third-order valence-corrected chi connectivity index (χ3v) is 4.28. The molecule has 16 heavy (non-hydrogen) atoms. The fraction of sp³-hybridized carbons (Fsp3) is 0.545. The van der Waals surface area contributed by atoms with E-state index in [0.717, 1.165) is 22.4 Å². The maximum Gasteiger partial charge on any atom is 0.226 e. The van der Waals surface area contributed by atoms with Gasteiger partial charge in [-0.3, -0.25) is 4.79 Å². The van der Waals surface area contributed by atoms with Gasteiger partial charge in [0.15, 0.2) is 0 Å². The SMILES string of the molecule is O=C(CC1CCCCN1)Nc1cc(Br)cs1. The van der Waals surface area contributed by atoms with Crippen LogP contribution < -0.4 is 10.6 Å². The van der Waals surface area contributed by atoms with Gasteiger partial charge < -0.3 is 10.6 Å². The molecule has 1 aliphatic heterocycles. The van der Waals surface area contributed by atoms with E-state index >= 15 is 0 Å². The molecule has 2 heterocycles. The van der Waals surface area contributed by atoms with Crippen molar-refractivity contribution < 1.29 is 4.79 Å². The minimum Gasteiger partial charge on any atom is -0.318 e. The monoisotopic (exact) mass is 302 g/mol. The summed E-state index contributed by atoms with van der Waals surface area (Å²) in [4.78, 5) is 11.7. The summed E-state index contributed by atoms with van der Waals surface area (Å²) in [5.41, 5.74) is 0. The lowest BCUT2D eigenvalue weighted by Crippen LogP contribution is -2.36. The number of nitrogens with one attached hydrogen (secondary N) is 2. The third-order valence-electron chi connectivity index (χ3n) is 2.67. The van der Waals surface area contributed by atoms with Crippen LogP contribution in [0.4, 0.5) is 5.00 Å². The average molecular weight is 303 g/mol. The van der Waals surface area contributed by atoms with Gasteiger partial charge in [-0.15, -0.1) is 11.3 Å². The second-order valence-corrected chi connectivity index (χ2v) is 5.86. The zero-order valence-corrected chi connectivity index (χ0v) is 11.4. The van der Waals surface area contributed by atoms with Crippen LogP contribution in [0, 0.1) is 0 Å². The molecule has 2 N–H and O–H groups in total. The molecule has 0 radical (unpaired) electrons. The van der Waals surface area contributed by atoms with Gasteiger partial charge in [-0.25, -0.2) is 0 Å². The number of piperidine rings is 1. The number of carbonyl (C=O) groups is 1. The first-order valence-electron chi connectivity index (χ1n) is 5.51. The summed E-state index contributed by atoms with van der Waals surface area (Å²) in [6, 6.07) is 2.29. The first-order valence-corrected chi connectivity index (χ1v) is 7.18. The lowest BCUT2D eigenvalue weighted by molar-refractivity contribution is -0.116. The average Bonchev–Trinajstić information content (AvgIpc) is 2.65. The highest BCUT2D eigenvalue weighted by Crippen LogP contribution is 2.24. The fourth-order valence-electron chi connectivity index (χ4n) is 1.89. The largest absolute Gasteiger partial charge is 0.318 e. The third kappa shape index (κ3) is 3.57. The molecule has 3 nitrogen and oxygen atoms in total. The van der Waals surface area contributed by atoms with Crippen molar-refractivity contribution in [2.24, 2.45) is 0 Å². The Balaban J connectivity index is 1.79. The Labute approximate surface area is 108 Å². The second kappa shape index (κ2) is 5.80. The van der Waals surface area contributed by atoms with Crippen LogP contribution >= 0.6 is 27.3 Å². The first kappa shape index (κ1) is 12.1. The predicted octanol–water partition coefficient (Wildman–Crippen LogP) is 2.98. The van der Waals surface area contributed by atoms with Crippen molar-refractivity contribution in [1.29, 1.82) is 0 Å². The molecule has 88 valence electrons. The summed E-state index contributed by atoms with van der Waals surface area (Å²) >= 11 is 4.91. The molecule has 1 fully saturated rings. The highest BCUT2D eigenvalue weighted by Gasteiger charge is 2.16. The molecule has 0 saturated carbocycles. The predicted molar refractivity (Wildman–Crippen MR) is 70.9 cm³/mol. The van der Waals surface area contributed by atoms with Crippen LogP contribution in [0.1, 0.15) is 25.7 Å². The van der Waals surface area contributed by atoms with Gasteiger partial charge >= 0.3 is 0 Å². The van der Waals surface area contributed by atoms with E-state index < -0.39 is 0 Å². The summed E-state index contributed by atoms with van der Waals surface area (Å²) in [5.74, 6) is 0.105. The van der Waals surface area contributed by atoms with Gasteiger partial charge in [0.25, 0.3) is 0 Å². The van der Waals surface area contributed by atoms with Gasteiger partial charge in [0.2, 0.25) is 5.91 Å². The molecule has 5 heteroatoms. The highest BCUT2D eigenvalue weighted by molar-refractivity contribution is 9.10. The maximum atomic E-state index is 11.7. The number of hydrogen-bond donors (Lipinski definition) is 2. The molecule has 2 rings (SSSR count). The summed E-state index contributed by atoms with van der Waals surface area (Å²) in [5, 5.41) is 9.17. The topological polar surface area (TPSA) is 41.1 Å². The number of carbonyl (C=O) groups excluding carboxylic acids is 1. The van der Waals surface area contributed by atoms with Crippen molar-refractivity contribution in [3.63, 3.8) is 0 Å². The number of rotatable bonds is 3. The van der Waals surface area contributed by atoms with Gasteiger partial charge in [-0.1, -0.05) is 6.42 Å². The molecule has 1 aliphatic rings. The van der Waals surface area contributed by atoms with E-state index in [1.165, 1.54) is 12.8 Å². The Morgan fingerprint density at radius 1 is 1.62 bits per heavy atom. The van der Waals surface area contributed by atoms with Crippen LogP contribution in [0.3, 0.4) is 0 Å². The van der Waals surface area contributed by atoms with Crippen molar-refractivity contribution in [2.45, 2.75) is 31.7 Å². The Bertz CT molecular complexity index is 361. The van der Waals surface area contributed by atoms with Gasteiger partial charge in [0, 0.05) is 22.3 Å². The lowest BCUT2D eigenvalue weighted by Gasteiger charge is -2.22. The Morgan fingerprint density at radius 3 is 3.12 bits per heavy atom. The number of halogens is 1. The molecule has 0 bridgehead atoms. The molecule has 1 aromatic heterocycles. The normalized spacial score (nSPS) is 20.7. The summed E-state index contributed by atoms with van der Waals surface area (Å²) in [7, 11) is 0.